The van der Waals surface area contributed by atoms with E-state index in [2.05, 4.69) is 15.2 Å². The Morgan fingerprint density at radius 3 is 2.00 bits per heavy atom. The molecule has 2 fully saturated rings. The standard InChI is InChI=1S/C18H26N4O5S/c1-11-7-21(8-12(2)25-11)15-5-6-16(18-17(15)19-27-20-18)28(23,24)22-9-13(3)26-14(4)10-22/h5-6,11-14H,7-10H2,1-4H3/t11-,12+,13-,14-/m0/s1. The molecule has 10 heteroatoms. The van der Waals surface area contributed by atoms with Gasteiger partial charge in [-0.05, 0) is 50.1 Å². The molecule has 0 amide bonds. The van der Waals surface area contributed by atoms with Crippen molar-refractivity contribution < 1.29 is 22.5 Å². The molecule has 1 aromatic heterocycles. The molecule has 4 rings (SSSR count). The third-order valence-corrected chi connectivity index (χ3v) is 6.98. The van der Waals surface area contributed by atoms with Crippen molar-refractivity contribution in [2.75, 3.05) is 31.1 Å². The Morgan fingerprint density at radius 1 is 0.857 bits per heavy atom. The highest BCUT2D eigenvalue weighted by atomic mass is 32.2. The average molecular weight is 410 g/mol. The molecule has 2 saturated heterocycles. The zero-order valence-corrected chi connectivity index (χ0v) is 17.3. The van der Waals surface area contributed by atoms with Crippen molar-refractivity contribution in [3.8, 4) is 0 Å². The summed E-state index contributed by atoms with van der Waals surface area (Å²) in [5, 5.41) is 7.95. The van der Waals surface area contributed by atoms with E-state index in [9.17, 15) is 8.42 Å². The summed E-state index contributed by atoms with van der Waals surface area (Å²) in [4.78, 5) is 2.25. The van der Waals surface area contributed by atoms with Crippen molar-refractivity contribution in [3.63, 3.8) is 0 Å². The van der Waals surface area contributed by atoms with Gasteiger partial charge in [0.2, 0.25) is 10.0 Å². The van der Waals surface area contributed by atoms with E-state index in [1.807, 2.05) is 27.7 Å². The van der Waals surface area contributed by atoms with Gasteiger partial charge in [0.05, 0.1) is 30.1 Å². The Kier molecular flexibility index (Phi) is 5.07. The number of nitrogens with zero attached hydrogens (tertiary/aromatic N) is 4. The van der Waals surface area contributed by atoms with Crippen LogP contribution < -0.4 is 4.90 Å². The highest BCUT2D eigenvalue weighted by Gasteiger charge is 2.35. The van der Waals surface area contributed by atoms with E-state index in [0.717, 1.165) is 5.69 Å². The normalized spacial score (nSPS) is 30.1. The van der Waals surface area contributed by atoms with E-state index < -0.39 is 10.0 Å². The van der Waals surface area contributed by atoms with Gasteiger partial charge >= 0.3 is 0 Å². The number of anilines is 1. The van der Waals surface area contributed by atoms with Gasteiger partial charge < -0.3 is 14.4 Å². The van der Waals surface area contributed by atoms with E-state index in [1.165, 1.54) is 4.31 Å². The molecule has 0 unspecified atom stereocenters. The molecule has 4 atom stereocenters. The fraction of sp³-hybridized carbons (Fsp3) is 0.667. The van der Waals surface area contributed by atoms with E-state index in [4.69, 9.17) is 14.1 Å². The molecule has 2 aliphatic heterocycles. The van der Waals surface area contributed by atoms with E-state index in [1.54, 1.807) is 12.1 Å². The predicted octanol–water partition coefficient (Wildman–Crippen LogP) is 1.63. The van der Waals surface area contributed by atoms with E-state index >= 15 is 0 Å². The first-order chi connectivity index (χ1) is 13.3. The van der Waals surface area contributed by atoms with Crippen LogP contribution in [0.25, 0.3) is 11.0 Å². The van der Waals surface area contributed by atoms with Gasteiger partial charge in [-0.2, -0.15) is 4.31 Å². The highest BCUT2D eigenvalue weighted by molar-refractivity contribution is 7.89. The number of benzene rings is 1. The van der Waals surface area contributed by atoms with Gasteiger partial charge in [-0.25, -0.2) is 13.0 Å². The van der Waals surface area contributed by atoms with Crippen molar-refractivity contribution in [1.29, 1.82) is 0 Å². The Hall–Kier alpha value is -1.75. The molecule has 0 saturated carbocycles. The van der Waals surface area contributed by atoms with Crippen molar-refractivity contribution in [2.24, 2.45) is 0 Å². The maximum absolute atomic E-state index is 13.3. The summed E-state index contributed by atoms with van der Waals surface area (Å²) < 4.78 is 44.5. The minimum absolute atomic E-state index is 0.0680. The summed E-state index contributed by atoms with van der Waals surface area (Å²) in [6.45, 7) is 9.76. The predicted molar refractivity (Wildman–Crippen MR) is 103 cm³/mol. The smallest absolute Gasteiger partial charge is 0.245 e. The zero-order valence-electron chi connectivity index (χ0n) is 16.5. The van der Waals surface area contributed by atoms with Crippen LogP contribution in [0.5, 0.6) is 0 Å². The Morgan fingerprint density at radius 2 is 1.39 bits per heavy atom. The van der Waals surface area contributed by atoms with Gasteiger partial charge in [0.15, 0.2) is 11.0 Å². The third-order valence-electron chi connectivity index (χ3n) is 5.12. The van der Waals surface area contributed by atoms with Crippen LogP contribution in [-0.2, 0) is 19.5 Å². The molecule has 154 valence electrons. The Balaban J connectivity index is 1.73. The van der Waals surface area contributed by atoms with Crippen LogP contribution in [0.2, 0.25) is 0 Å². The van der Waals surface area contributed by atoms with Gasteiger partial charge in [-0.1, -0.05) is 0 Å². The fourth-order valence-electron chi connectivity index (χ4n) is 4.13. The second kappa shape index (κ2) is 7.25. The van der Waals surface area contributed by atoms with Crippen molar-refractivity contribution in [2.45, 2.75) is 57.0 Å². The minimum atomic E-state index is -3.75. The highest BCUT2D eigenvalue weighted by Crippen LogP contribution is 2.33. The minimum Gasteiger partial charge on any atom is -0.373 e. The summed E-state index contributed by atoms with van der Waals surface area (Å²) in [5.41, 5.74) is 1.52. The molecule has 2 aliphatic rings. The SMILES string of the molecule is C[C@@H]1CN(c2ccc(S(=O)(=O)N3C[C@H](C)O[C@@H](C)C3)c3nonc23)C[C@H](C)O1. The zero-order chi connectivity index (χ0) is 20.1. The molecule has 1 aromatic carbocycles. The number of aromatic nitrogens is 2. The monoisotopic (exact) mass is 410 g/mol. The molecule has 0 spiro atoms. The van der Waals surface area contributed by atoms with E-state index in [-0.39, 0.29) is 34.8 Å². The maximum Gasteiger partial charge on any atom is 0.245 e. The number of hydrogen-bond acceptors (Lipinski definition) is 8. The van der Waals surface area contributed by atoms with Gasteiger partial charge in [-0.15, -0.1) is 0 Å². The molecule has 9 nitrogen and oxygen atoms in total. The molecule has 0 aliphatic carbocycles. The lowest BCUT2D eigenvalue weighted by molar-refractivity contribution is -0.0440. The molecule has 0 radical (unpaired) electrons. The first-order valence-corrected chi connectivity index (χ1v) is 11.0. The quantitative estimate of drug-likeness (QED) is 0.753. The van der Waals surface area contributed by atoms with Crippen LogP contribution in [0.15, 0.2) is 21.7 Å². The first-order valence-electron chi connectivity index (χ1n) is 9.57. The number of rotatable bonds is 3. The topological polar surface area (TPSA) is 98.0 Å². The molecule has 0 bridgehead atoms. The maximum atomic E-state index is 13.3. The molecule has 28 heavy (non-hydrogen) atoms. The van der Waals surface area contributed by atoms with Crippen molar-refractivity contribution in [3.05, 3.63) is 12.1 Å². The molecular formula is C18H26N4O5S. The van der Waals surface area contributed by atoms with Crippen LogP contribution >= 0.6 is 0 Å². The third kappa shape index (κ3) is 3.49. The van der Waals surface area contributed by atoms with Gasteiger partial charge in [-0.3, -0.25) is 0 Å². The summed E-state index contributed by atoms with van der Waals surface area (Å²) >= 11 is 0. The lowest BCUT2D eigenvalue weighted by atomic mass is 10.2. The Bertz CT molecular complexity index is 942. The van der Waals surface area contributed by atoms with Gasteiger partial charge in [0, 0.05) is 26.2 Å². The number of hydrogen-bond donors (Lipinski definition) is 0. The van der Waals surface area contributed by atoms with Crippen LogP contribution in [-0.4, -0.2) is 73.6 Å². The number of morpholine rings is 2. The Labute approximate surface area is 164 Å². The summed E-state index contributed by atoms with van der Waals surface area (Å²) in [6, 6.07) is 3.39. The average Bonchev–Trinajstić information content (AvgIpc) is 3.08. The molecular weight excluding hydrogens is 384 g/mol. The molecule has 3 heterocycles. The molecule has 2 aromatic rings. The summed E-state index contributed by atoms with van der Waals surface area (Å²) in [7, 11) is -3.75. The van der Waals surface area contributed by atoms with Crippen LogP contribution in [0.4, 0.5) is 5.69 Å². The second-order valence-corrected chi connectivity index (χ2v) is 9.69. The van der Waals surface area contributed by atoms with Crippen LogP contribution in [0.1, 0.15) is 27.7 Å². The number of sulfonamides is 1. The van der Waals surface area contributed by atoms with Crippen molar-refractivity contribution in [1.82, 2.24) is 14.6 Å². The van der Waals surface area contributed by atoms with Gasteiger partial charge in [0.25, 0.3) is 0 Å². The number of ether oxygens (including phenoxy) is 2. The largest absolute Gasteiger partial charge is 0.373 e. The first kappa shape index (κ1) is 19.6. The van der Waals surface area contributed by atoms with Crippen LogP contribution in [0, 0.1) is 0 Å². The number of fused-ring (bicyclic) bond motifs is 1. The van der Waals surface area contributed by atoms with E-state index in [0.29, 0.717) is 31.7 Å². The van der Waals surface area contributed by atoms with Crippen LogP contribution in [0.3, 0.4) is 0 Å². The lowest BCUT2D eigenvalue weighted by Gasteiger charge is -2.37. The second-order valence-electron chi connectivity index (χ2n) is 7.79. The molecule has 0 N–H and O–H groups in total. The lowest BCUT2D eigenvalue weighted by Crippen LogP contribution is -2.48. The van der Waals surface area contributed by atoms with Gasteiger partial charge in [0.1, 0.15) is 4.90 Å². The summed E-state index contributed by atoms with van der Waals surface area (Å²) in [6.07, 6.45) is -0.197. The summed E-state index contributed by atoms with van der Waals surface area (Å²) in [5.74, 6) is 0. The fourth-order valence-corrected chi connectivity index (χ4v) is 5.84. The van der Waals surface area contributed by atoms with Crippen molar-refractivity contribution >= 4 is 26.7 Å².